The number of hydrogen-bond donors (Lipinski definition) is 2. The summed E-state index contributed by atoms with van der Waals surface area (Å²) in [5, 5.41) is 22.1. The molecule has 0 bridgehead atoms. The molecule has 0 spiro atoms. The topological polar surface area (TPSA) is 119 Å². The van der Waals surface area contributed by atoms with Crippen LogP contribution in [0.5, 0.6) is 23.0 Å². The number of fused-ring (bicyclic) bond motifs is 3. The molecule has 0 atom stereocenters. The maximum atomic E-state index is 14.0. The zero-order chi connectivity index (χ0) is 25.8. The first-order valence-electron chi connectivity index (χ1n) is 11.1. The number of hydrogen-bond acceptors (Lipinski definition) is 8. The van der Waals surface area contributed by atoms with Crippen molar-refractivity contribution in [3.05, 3.63) is 104 Å². The fraction of sp³-hybridized carbons (Fsp3) is 0.111. The zero-order valence-electron chi connectivity index (χ0n) is 18.8. The van der Waals surface area contributed by atoms with Crippen LogP contribution in [-0.2, 0) is 0 Å². The Kier molecular flexibility index (Phi) is 5.11. The average molecular weight is 506 g/mol. The third kappa shape index (κ3) is 3.65. The van der Waals surface area contributed by atoms with Gasteiger partial charge in [0.15, 0.2) is 11.5 Å². The molecule has 0 fully saturated rings. The largest absolute Gasteiger partial charge is 0.507 e. The molecule has 0 saturated carbocycles. The summed E-state index contributed by atoms with van der Waals surface area (Å²) in [6.07, 6.45) is 0. The highest BCUT2D eigenvalue weighted by Crippen LogP contribution is 2.44. The summed E-state index contributed by atoms with van der Waals surface area (Å²) in [7, 11) is 0. The monoisotopic (exact) mass is 506 g/mol. The minimum Gasteiger partial charge on any atom is -0.507 e. The van der Waals surface area contributed by atoms with Crippen molar-refractivity contribution in [2.75, 3.05) is 13.2 Å². The van der Waals surface area contributed by atoms with Crippen LogP contribution in [0.4, 0.5) is 8.78 Å². The van der Waals surface area contributed by atoms with Crippen molar-refractivity contribution in [2.24, 2.45) is 0 Å². The Morgan fingerprint density at radius 3 is 1.73 bits per heavy atom. The van der Waals surface area contributed by atoms with Gasteiger partial charge in [-0.15, -0.1) is 0 Å². The lowest BCUT2D eigenvalue weighted by Crippen LogP contribution is -2.22. The van der Waals surface area contributed by atoms with E-state index in [1.165, 1.54) is 30.3 Å². The molecule has 10 heteroatoms. The van der Waals surface area contributed by atoms with Crippen molar-refractivity contribution in [1.82, 2.24) is 0 Å². The molecule has 0 unspecified atom stereocenters. The maximum absolute atomic E-state index is 14.0. The van der Waals surface area contributed by atoms with Crippen LogP contribution < -0.4 is 20.7 Å². The van der Waals surface area contributed by atoms with Crippen LogP contribution in [0.3, 0.4) is 0 Å². The number of rotatable bonds is 3. The molecule has 2 N–H and O–H groups in total. The van der Waals surface area contributed by atoms with Gasteiger partial charge in [0.1, 0.15) is 47.5 Å². The van der Waals surface area contributed by atoms with Crippen LogP contribution in [0.15, 0.2) is 73.0 Å². The fourth-order valence-electron chi connectivity index (χ4n) is 4.57. The summed E-state index contributed by atoms with van der Waals surface area (Å²) in [5.74, 6) is -3.53. The van der Waals surface area contributed by atoms with Gasteiger partial charge in [-0.05, 0) is 54.1 Å². The first-order valence-corrected chi connectivity index (χ1v) is 11.1. The lowest BCUT2D eigenvalue weighted by atomic mass is 9.84. The van der Waals surface area contributed by atoms with Crippen LogP contribution >= 0.6 is 0 Å². The number of ether oxygens (including phenoxy) is 2. The van der Waals surface area contributed by atoms with E-state index in [1.807, 2.05) is 0 Å². The SMILES string of the molecule is O=c1oc2ccc(F)cc2c(O)c1C(c1ccc2c(c1)OCCO2)c1c(O)c2cc(F)ccc2oc1=O. The maximum Gasteiger partial charge on any atom is 0.344 e. The van der Waals surface area contributed by atoms with Gasteiger partial charge in [-0.1, -0.05) is 6.07 Å². The molecule has 3 aromatic carbocycles. The van der Waals surface area contributed by atoms with Crippen LogP contribution in [0.25, 0.3) is 21.9 Å². The molecule has 37 heavy (non-hydrogen) atoms. The second-order valence-corrected chi connectivity index (χ2v) is 8.42. The molecule has 0 saturated heterocycles. The first-order chi connectivity index (χ1) is 17.8. The molecule has 1 aliphatic heterocycles. The molecule has 0 aliphatic carbocycles. The van der Waals surface area contributed by atoms with Gasteiger partial charge < -0.3 is 28.5 Å². The molecule has 0 amide bonds. The lowest BCUT2D eigenvalue weighted by Gasteiger charge is -2.23. The summed E-state index contributed by atoms with van der Waals surface area (Å²) in [6.45, 7) is 0.559. The highest BCUT2D eigenvalue weighted by atomic mass is 19.1. The van der Waals surface area contributed by atoms with Gasteiger partial charge in [-0.2, -0.15) is 0 Å². The van der Waals surface area contributed by atoms with E-state index in [-0.39, 0.29) is 34.1 Å². The average Bonchev–Trinajstić information content (AvgIpc) is 2.88. The quantitative estimate of drug-likeness (QED) is 0.343. The van der Waals surface area contributed by atoms with Gasteiger partial charge in [-0.3, -0.25) is 0 Å². The normalized spacial score (nSPS) is 12.9. The summed E-state index contributed by atoms with van der Waals surface area (Å²) in [4.78, 5) is 26.4. The fourth-order valence-corrected chi connectivity index (χ4v) is 4.57. The second-order valence-electron chi connectivity index (χ2n) is 8.42. The molecule has 0 radical (unpaired) electrons. The van der Waals surface area contributed by atoms with Crippen LogP contribution in [0.2, 0.25) is 0 Å². The van der Waals surface area contributed by atoms with Gasteiger partial charge in [0.2, 0.25) is 0 Å². The van der Waals surface area contributed by atoms with Crippen molar-refractivity contribution >= 4 is 21.9 Å². The van der Waals surface area contributed by atoms with E-state index in [1.54, 1.807) is 0 Å². The summed E-state index contributed by atoms with van der Waals surface area (Å²) < 4.78 is 49.9. The van der Waals surface area contributed by atoms with Gasteiger partial charge in [0.05, 0.1) is 27.8 Å². The Hall–Kier alpha value is -4.86. The van der Waals surface area contributed by atoms with Crippen molar-refractivity contribution in [3.63, 3.8) is 0 Å². The van der Waals surface area contributed by atoms with Crippen molar-refractivity contribution in [1.29, 1.82) is 0 Å². The second kappa shape index (κ2) is 8.37. The van der Waals surface area contributed by atoms with Gasteiger partial charge in [0.25, 0.3) is 0 Å². The van der Waals surface area contributed by atoms with Gasteiger partial charge in [0, 0.05) is 0 Å². The van der Waals surface area contributed by atoms with E-state index in [2.05, 4.69) is 0 Å². The first kappa shape index (κ1) is 22.6. The number of aromatic hydroxyl groups is 2. The summed E-state index contributed by atoms with van der Waals surface area (Å²) in [5.41, 5.74) is -3.00. The summed E-state index contributed by atoms with van der Waals surface area (Å²) >= 11 is 0. The molecular weight excluding hydrogens is 490 g/mol. The molecule has 6 rings (SSSR count). The molecular formula is C27H16F2O8. The molecule has 186 valence electrons. The van der Waals surface area contributed by atoms with E-state index in [0.717, 1.165) is 24.3 Å². The van der Waals surface area contributed by atoms with Crippen molar-refractivity contribution < 1.29 is 37.3 Å². The van der Waals surface area contributed by atoms with Gasteiger partial charge in [-0.25, -0.2) is 18.4 Å². The van der Waals surface area contributed by atoms with Gasteiger partial charge >= 0.3 is 11.3 Å². The summed E-state index contributed by atoms with van der Waals surface area (Å²) in [6, 6.07) is 10.9. The number of benzene rings is 3. The Bertz CT molecular complexity index is 1730. The van der Waals surface area contributed by atoms with Crippen molar-refractivity contribution in [2.45, 2.75) is 5.92 Å². The number of halogens is 2. The Labute approximate surface area is 205 Å². The Morgan fingerprint density at radius 1 is 0.676 bits per heavy atom. The molecule has 2 aromatic heterocycles. The minimum absolute atomic E-state index is 0.0922. The molecule has 3 heterocycles. The highest BCUT2D eigenvalue weighted by molar-refractivity contribution is 5.87. The van der Waals surface area contributed by atoms with Crippen LogP contribution in [-0.4, -0.2) is 23.4 Å². The predicted molar refractivity (Wildman–Crippen MR) is 127 cm³/mol. The van der Waals surface area contributed by atoms with Crippen LogP contribution in [0.1, 0.15) is 22.6 Å². The third-order valence-electron chi connectivity index (χ3n) is 6.23. The smallest absolute Gasteiger partial charge is 0.344 e. The highest BCUT2D eigenvalue weighted by Gasteiger charge is 2.33. The predicted octanol–water partition coefficient (Wildman–Crippen LogP) is 4.54. The van der Waals surface area contributed by atoms with E-state index in [0.29, 0.717) is 18.1 Å². The minimum atomic E-state index is -1.48. The molecule has 1 aliphatic rings. The third-order valence-corrected chi connectivity index (χ3v) is 6.23. The molecule has 8 nitrogen and oxygen atoms in total. The van der Waals surface area contributed by atoms with E-state index < -0.39 is 51.4 Å². The Balaban J connectivity index is 1.71. The lowest BCUT2D eigenvalue weighted by molar-refractivity contribution is 0.171. The van der Waals surface area contributed by atoms with E-state index >= 15 is 0 Å². The standard InChI is InChI=1S/C27H16F2O8/c28-13-2-5-17-15(10-13)24(30)22(26(32)36-17)21(12-1-4-19-20(9-12)35-8-7-34-19)23-25(31)16-11-14(29)3-6-18(16)37-27(23)33/h1-6,9-11,21,30-31H,7-8H2. The van der Waals surface area contributed by atoms with Crippen LogP contribution in [0, 0.1) is 11.6 Å². The Morgan fingerprint density at radius 2 is 1.19 bits per heavy atom. The van der Waals surface area contributed by atoms with E-state index in [9.17, 15) is 28.6 Å². The molecule has 5 aromatic rings. The zero-order valence-corrected chi connectivity index (χ0v) is 18.8. The van der Waals surface area contributed by atoms with Crippen molar-refractivity contribution in [3.8, 4) is 23.0 Å². The van der Waals surface area contributed by atoms with E-state index in [4.69, 9.17) is 18.3 Å².